The lowest BCUT2D eigenvalue weighted by atomic mass is 10.0. The van der Waals surface area contributed by atoms with Crippen LogP contribution in [0.1, 0.15) is 26.2 Å². The highest BCUT2D eigenvalue weighted by atomic mass is 32.2. The number of rotatable bonds is 6. The molecule has 1 aliphatic rings. The van der Waals surface area contributed by atoms with Crippen molar-refractivity contribution < 1.29 is 13.2 Å². The van der Waals surface area contributed by atoms with E-state index in [0.717, 1.165) is 6.42 Å². The third-order valence-electron chi connectivity index (χ3n) is 5.58. The van der Waals surface area contributed by atoms with Crippen LogP contribution < -0.4 is 16.4 Å². The Labute approximate surface area is 186 Å². The van der Waals surface area contributed by atoms with E-state index in [1.54, 1.807) is 49.4 Å². The van der Waals surface area contributed by atoms with E-state index in [9.17, 15) is 18.0 Å². The first kappa shape index (κ1) is 22.0. The van der Waals surface area contributed by atoms with Crippen molar-refractivity contribution in [3.8, 4) is 0 Å². The number of hydrazine groups is 1. The molecule has 1 saturated heterocycles. The number of hydrogen-bond acceptors (Lipinski definition) is 6. The fourth-order valence-electron chi connectivity index (χ4n) is 3.94. The predicted octanol–water partition coefficient (Wildman–Crippen LogP) is 2.10. The molecule has 1 fully saturated rings. The standard InChI is InChI=1S/C22H25N5O4S/c1-2-26-21(29)17-12-6-7-13-18(17)23-22(26)25-24-20(28)19-14-8-9-15-27(19)32(30,31)16-10-4-3-5-11-16/h3-7,10-13,19H,2,8-9,14-15H2,1H3,(H,23,25)(H,24,28)/t19-/m1/s1. The minimum Gasteiger partial charge on any atom is -0.277 e. The minimum absolute atomic E-state index is 0.156. The van der Waals surface area contributed by atoms with E-state index in [-0.39, 0.29) is 22.9 Å². The van der Waals surface area contributed by atoms with Gasteiger partial charge in [-0.2, -0.15) is 4.31 Å². The van der Waals surface area contributed by atoms with Crippen molar-refractivity contribution in [1.82, 2.24) is 19.3 Å². The van der Waals surface area contributed by atoms with Crippen molar-refractivity contribution in [1.29, 1.82) is 0 Å². The van der Waals surface area contributed by atoms with Crippen LogP contribution in [0.25, 0.3) is 10.9 Å². The second-order valence-corrected chi connectivity index (χ2v) is 9.45. The summed E-state index contributed by atoms with van der Waals surface area (Å²) in [7, 11) is -3.81. The normalized spacial score (nSPS) is 17.2. The van der Waals surface area contributed by atoms with Gasteiger partial charge in [0.2, 0.25) is 16.0 Å². The Bertz CT molecular complexity index is 1290. The Kier molecular flexibility index (Phi) is 6.24. The molecule has 9 nitrogen and oxygen atoms in total. The zero-order valence-corrected chi connectivity index (χ0v) is 18.5. The number of sulfonamides is 1. The highest BCUT2D eigenvalue weighted by molar-refractivity contribution is 7.89. The number of carbonyl (C=O) groups excluding carboxylic acids is 1. The Hall–Kier alpha value is -3.24. The Balaban J connectivity index is 1.58. The second kappa shape index (κ2) is 9.09. The van der Waals surface area contributed by atoms with Crippen LogP contribution in [0.2, 0.25) is 0 Å². The molecule has 2 aromatic carbocycles. The number of para-hydroxylation sites is 1. The Morgan fingerprint density at radius 1 is 1.09 bits per heavy atom. The number of amides is 1. The van der Waals surface area contributed by atoms with Gasteiger partial charge in [0.25, 0.3) is 11.5 Å². The van der Waals surface area contributed by atoms with E-state index in [4.69, 9.17) is 0 Å². The average Bonchev–Trinajstić information content (AvgIpc) is 2.83. The van der Waals surface area contributed by atoms with Crippen LogP contribution in [0.5, 0.6) is 0 Å². The summed E-state index contributed by atoms with van der Waals surface area (Å²) in [6, 6.07) is 14.2. The summed E-state index contributed by atoms with van der Waals surface area (Å²) in [4.78, 5) is 30.4. The smallest absolute Gasteiger partial charge is 0.262 e. The molecule has 3 aromatic rings. The van der Waals surface area contributed by atoms with Crippen LogP contribution in [-0.4, -0.2) is 40.8 Å². The molecule has 0 bridgehead atoms. The van der Waals surface area contributed by atoms with Gasteiger partial charge in [-0.25, -0.2) is 13.4 Å². The minimum atomic E-state index is -3.81. The molecular weight excluding hydrogens is 430 g/mol. The molecule has 0 spiro atoms. The van der Waals surface area contributed by atoms with Gasteiger partial charge in [-0.05, 0) is 44.0 Å². The molecule has 1 atom stereocenters. The van der Waals surface area contributed by atoms with Gasteiger partial charge in [-0.1, -0.05) is 36.8 Å². The fraction of sp³-hybridized carbons (Fsp3) is 0.318. The van der Waals surface area contributed by atoms with E-state index in [2.05, 4.69) is 15.8 Å². The third kappa shape index (κ3) is 4.11. The summed E-state index contributed by atoms with van der Waals surface area (Å²) in [6.07, 6.45) is 1.84. The van der Waals surface area contributed by atoms with Crippen molar-refractivity contribution in [2.45, 2.75) is 43.7 Å². The van der Waals surface area contributed by atoms with Gasteiger partial charge in [-0.3, -0.25) is 25.0 Å². The van der Waals surface area contributed by atoms with Gasteiger partial charge >= 0.3 is 0 Å². The van der Waals surface area contributed by atoms with Gasteiger partial charge in [0.1, 0.15) is 6.04 Å². The molecule has 2 N–H and O–H groups in total. The van der Waals surface area contributed by atoms with E-state index in [0.29, 0.717) is 30.3 Å². The fourth-order valence-corrected chi connectivity index (χ4v) is 5.62. The first-order valence-electron chi connectivity index (χ1n) is 10.6. The number of piperidine rings is 1. The number of benzene rings is 2. The van der Waals surface area contributed by atoms with Gasteiger partial charge in [0, 0.05) is 13.1 Å². The molecule has 4 rings (SSSR count). The quantitative estimate of drug-likeness (QED) is 0.551. The van der Waals surface area contributed by atoms with Crippen LogP contribution in [0.4, 0.5) is 5.95 Å². The number of hydrogen-bond donors (Lipinski definition) is 2. The van der Waals surface area contributed by atoms with E-state index in [1.807, 2.05) is 0 Å². The van der Waals surface area contributed by atoms with Crippen LogP contribution >= 0.6 is 0 Å². The summed E-state index contributed by atoms with van der Waals surface area (Å²) < 4.78 is 28.9. The summed E-state index contributed by atoms with van der Waals surface area (Å²) in [5, 5.41) is 0.485. The maximum Gasteiger partial charge on any atom is 0.262 e. The molecule has 0 unspecified atom stereocenters. The number of nitrogens with zero attached hydrogens (tertiary/aromatic N) is 3. The lowest BCUT2D eigenvalue weighted by Gasteiger charge is -2.33. The molecular formula is C22H25N5O4S. The number of anilines is 1. The number of nitrogens with one attached hydrogen (secondary N) is 2. The molecule has 0 radical (unpaired) electrons. The lowest BCUT2D eigenvalue weighted by Crippen LogP contribution is -2.53. The molecule has 32 heavy (non-hydrogen) atoms. The van der Waals surface area contributed by atoms with Gasteiger partial charge < -0.3 is 0 Å². The summed E-state index contributed by atoms with van der Waals surface area (Å²) in [5.41, 5.74) is 5.59. The summed E-state index contributed by atoms with van der Waals surface area (Å²) in [6.45, 7) is 2.43. The molecule has 1 amide bonds. The maximum absolute atomic E-state index is 13.1. The zero-order chi connectivity index (χ0) is 22.7. The molecule has 0 aliphatic carbocycles. The second-order valence-electron chi connectivity index (χ2n) is 7.56. The molecule has 1 aliphatic heterocycles. The Morgan fingerprint density at radius 2 is 1.81 bits per heavy atom. The summed E-state index contributed by atoms with van der Waals surface area (Å²) >= 11 is 0. The zero-order valence-electron chi connectivity index (χ0n) is 17.7. The van der Waals surface area contributed by atoms with Crippen LogP contribution in [0, 0.1) is 0 Å². The van der Waals surface area contributed by atoms with Crippen molar-refractivity contribution in [2.75, 3.05) is 12.0 Å². The van der Waals surface area contributed by atoms with E-state index < -0.39 is 22.0 Å². The van der Waals surface area contributed by atoms with Crippen molar-refractivity contribution in [3.63, 3.8) is 0 Å². The highest BCUT2D eigenvalue weighted by Crippen LogP contribution is 2.25. The topological polar surface area (TPSA) is 113 Å². The van der Waals surface area contributed by atoms with Crippen molar-refractivity contribution in [2.24, 2.45) is 0 Å². The molecule has 1 aromatic heterocycles. The molecule has 2 heterocycles. The highest BCUT2D eigenvalue weighted by Gasteiger charge is 2.37. The average molecular weight is 456 g/mol. The third-order valence-corrected chi connectivity index (χ3v) is 7.50. The first-order chi connectivity index (χ1) is 15.4. The Morgan fingerprint density at radius 3 is 2.56 bits per heavy atom. The van der Waals surface area contributed by atoms with Crippen LogP contribution in [0.3, 0.4) is 0 Å². The predicted molar refractivity (Wildman–Crippen MR) is 121 cm³/mol. The van der Waals surface area contributed by atoms with Gasteiger partial charge in [-0.15, -0.1) is 0 Å². The first-order valence-corrected chi connectivity index (χ1v) is 12.0. The molecule has 0 saturated carbocycles. The molecule has 168 valence electrons. The van der Waals surface area contributed by atoms with E-state index >= 15 is 0 Å². The maximum atomic E-state index is 13.1. The number of aromatic nitrogens is 2. The largest absolute Gasteiger partial charge is 0.277 e. The number of fused-ring (bicyclic) bond motifs is 1. The summed E-state index contributed by atoms with van der Waals surface area (Å²) in [5.74, 6) is -0.299. The van der Waals surface area contributed by atoms with Gasteiger partial charge in [0.15, 0.2) is 0 Å². The van der Waals surface area contributed by atoms with Gasteiger partial charge in [0.05, 0.1) is 15.8 Å². The number of carbonyl (C=O) groups is 1. The van der Waals surface area contributed by atoms with Crippen molar-refractivity contribution >= 4 is 32.8 Å². The van der Waals surface area contributed by atoms with E-state index in [1.165, 1.54) is 21.0 Å². The van der Waals surface area contributed by atoms with Crippen molar-refractivity contribution in [3.05, 3.63) is 65.0 Å². The lowest BCUT2D eigenvalue weighted by molar-refractivity contribution is -0.125. The monoisotopic (exact) mass is 455 g/mol. The SMILES string of the molecule is CCn1c(NNC(=O)[C@H]2CCCCN2S(=O)(=O)c2ccccc2)nc2ccccc2c1=O. The van der Waals surface area contributed by atoms with Crippen LogP contribution in [-0.2, 0) is 21.4 Å². The molecule has 10 heteroatoms. The van der Waals surface area contributed by atoms with Crippen LogP contribution in [0.15, 0.2) is 64.3 Å².